The quantitative estimate of drug-likeness (QED) is 0.300. The average Bonchev–Trinajstić information content (AvgIpc) is 2.77. The zero-order valence-corrected chi connectivity index (χ0v) is 20.7. The lowest BCUT2D eigenvalue weighted by Crippen LogP contribution is -2.54. The molecule has 1 aliphatic rings. The molecule has 0 unspecified atom stereocenters. The molecule has 0 aromatic heterocycles. The maximum Gasteiger partial charge on any atom is 0.343 e. The van der Waals surface area contributed by atoms with Crippen LogP contribution in [0.1, 0.15) is 12.5 Å². The van der Waals surface area contributed by atoms with Gasteiger partial charge in [0.15, 0.2) is 18.1 Å². The molecule has 2 aromatic carbocycles. The summed E-state index contributed by atoms with van der Waals surface area (Å²) in [7, 11) is 1.24. The third-order valence-corrected chi connectivity index (χ3v) is 5.51. The Kier molecular flexibility index (Phi) is 7.88. The van der Waals surface area contributed by atoms with E-state index in [-0.39, 0.29) is 23.7 Å². The number of carbonyl (C=O) groups is 4. The van der Waals surface area contributed by atoms with Crippen molar-refractivity contribution in [2.45, 2.75) is 6.92 Å². The number of nitrogens with one attached hydrogen (secondary N) is 1. The van der Waals surface area contributed by atoms with E-state index in [0.717, 1.165) is 9.37 Å². The number of halogens is 2. The predicted molar refractivity (Wildman–Crippen MR) is 126 cm³/mol. The highest BCUT2D eigenvalue weighted by atomic mass is 79.9. The fourth-order valence-corrected chi connectivity index (χ4v) is 3.75. The molecule has 0 atom stereocenters. The number of carbonyl (C=O) groups excluding carboxylic acids is 4. The Bertz CT molecular complexity index is 1150. The van der Waals surface area contributed by atoms with Gasteiger partial charge in [-0.2, -0.15) is 0 Å². The minimum absolute atomic E-state index is 0.241. The van der Waals surface area contributed by atoms with Crippen LogP contribution in [0, 0.1) is 0 Å². The van der Waals surface area contributed by atoms with Crippen LogP contribution in [0.2, 0.25) is 0 Å². The van der Waals surface area contributed by atoms with E-state index in [1.807, 2.05) is 0 Å². The molecule has 1 aliphatic heterocycles. The molecule has 3 rings (SSSR count). The lowest BCUT2D eigenvalue weighted by atomic mass is 10.1. The van der Waals surface area contributed by atoms with Crippen molar-refractivity contribution >= 4 is 67.4 Å². The SMILES string of the molecule is CCOc1cc(/C=C2\C(=O)NC(=O)N(c3ccc(Br)cc3)C2=O)cc(Br)c1OCC(=O)OC. The third kappa shape index (κ3) is 5.60. The van der Waals surface area contributed by atoms with Gasteiger partial charge in [-0.25, -0.2) is 14.5 Å². The fraction of sp³-hybridized carbons (Fsp3) is 0.182. The molecule has 9 nitrogen and oxygen atoms in total. The Balaban J connectivity index is 1.98. The van der Waals surface area contributed by atoms with Crippen LogP contribution in [-0.2, 0) is 19.1 Å². The maximum absolute atomic E-state index is 13.1. The van der Waals surface area contributed by atoms with E-state index in [4.69, 9.17) is 9.47 Å². The predicted octanol–water partition coefficient (Wildman–Crippen LogP) is 3.83. The number of hydrogen-bond acceptors (Lipinski definition) is 7. The number of rotatable bonds is 7. The van der Waals surface area contributed by atoms with Crippen molar-refractivity contribution in [1.82, 2.24) is 5.32 Å². The van der Waals surface area contributed by atoms with Crippen LogP contribution in [0.5, 0.6) is 11.5 Å². The molecule has 1 N–H and O–H groups in total. The zero-order valence-electron chi connectivity index (χ0n) is 17.5. The van der Waals surface area contributed by atoms with E-state index in [9.17, 15) is 19.2 Å². The summed E-state index contributed by atoms with van der Waals surface area (Å²) in [6, 6.07) is 8.80. The standard InChI is InChI=1S/C22H18Br2N2O7/c1-3-32-17-10-12(9-16(24)19(17)33-11-18(27)31-2)8-15-20(28)25-22(30)26(21(15)29)14-6-4-13(23)5-7-14/h4-10H,3,11H2,1-2H3,(H,25,28,30)/b15-8+. The van der Waals surface area contributed by atoms with E-state index in [1.54, 1.807) is 43.3 Å². The molecule has 172 valence electrons. The van der Waals surface area contributed by atoms with Gasteiger partial charge in [0.2, 0.25) is 0 Å². The second kappa shape index (κ2) is 10.6. The number of amides is 4. The molecule has 1 heterocycles. The Hall–Kier alpha value is -3.18. The van der Waals surface area contributed by atoms with Crippen molar-refractivity contribution in [2.75, 3.05) is 25.2 Å². The van der Waals surface area contributed by atoms with Gasteiger partial charge >= 0.3 is 12.0 Å². The molecular formula is C22H18Br2N2O7. The van der Waals surface area contributed by atoms with E-state index in [2.05, 4.69) is 41.9 Å². The second-order valence-corrected chi connectivity index (χ2v) is 8.33. The van der Waals surface area contributed by atoms with Gasteiger partial charge in [0.1, 0.15) is 5.57 Å². The molecule has 0 aliphatic carbocycles. The summed E-state index contributed by atoms with van der Waals surface area (Å²) in [6.07, 6.45) is 1.34. The Morgan fingerprint density at radius 3 is 2.42 bits per heavy atom. The first-order chi connectivity index (χ1) is 15.7. The average molecular weight is 582 g/mol. The molecule has 11 heteroatoms. The summed E-state index contributed by atoms with van der Waals surface area (Å²) in [5, 5.41) is 2.18. The summed E-state index contributed by atoms with van der Waals surface area (Å²) >= 11 is 6.66. The van der Waals surface area contributed by atoms with Crippen LogP contribution < -0.4 is 19.7 Å². The smallest absolute Gasteiger partial charge is 0.343 e. The number of urea groups is 1. The first-order valence-electron chi connectivity index (χ1n) is 9.58. The first-order valence-corrected chi connectivity index (χ1v) is 11.2. The molecule has 2 aromatic rings. The highest BCUT2D eigenvalue weighted by molar-refractivity contribution is 9.10. The van der Waals surface area contributed by atoms with Crippen molar-refractivity contribution in [3.8, 4) is 11.5 Å². The molecule has 4 amide bonds. The minimum atomic E-state index is -0.841. The van der Waals surface area contributed by atoms with Crippen LogP contribution in [-0.4, -0.2) is 44.1 Å². The molecular weight excluding hydrogens is 564 g/mol. The largest absolute Gasteiger partial charge is 0.490 e. The lowest BCUT2D eigenvalue weighted by Gasteiger charge is -2.26. The van der Waals surface area contributed by atoms with E-state index in [0.29, 0.717) is 22.3 Å². The van der Waals surface area contributed by atoms with E-state index < -0.39 is 23.8 Å². The lowest BCUT2D eigenvalue weighted by molar-refractivity contribution is -0.143. The number of hydrogen-bond donors (Lipinski definition) is 1. The fourth-order valence-electron chi connectivity index (χ4n) is 2.91. The summed E-state index contributed by atoms with van der Waals surface area (Å²) in [5.74, 6) is -1.62. The Morgan fingerprint density at radius 2 is 1.79 bits per heavy atom. The highest BCUT2D eigenvalue weighted by Crippen LogP contribution is 2.38. The normalized spacial score (nSPS) is 14.8. The van der Waals surface area contributed by atoms with Gasteiger partial charge in [-0.1, -0.05) is 15.9 Å². The van der Waals surface area contributed by atoms with E-state index >= 15 is 0 Å². The van der Waals surface area contributed by atoms with E-state index in [1.165, 1.54) is 13.2 Å². The van der Waals surface area contributed by atoms with Gasteiger partial charge in [-0.15, -0.1) is 0 Å². The van der Waals surface area contributed by atoms with Crippen LogP contribution >= 0.6 is 31.9 Å². The molecule has 0 radical (unpaired) electrons. The van der Waals surface area contributed by atoms with Crippen molar-refractivity contribution in [1.29, 1.82) is 0 Å². The molecule has 0 spiro atoms. The molecule has 33 heavy (non-hydrogen) atoms. The summed E-state index contributed by atoms with van der Waals surface area (Å²) in [6.45, 7) is 1.73. The van der Waals surface area contributed by atoms with Crippen LogP contribution in [0.3, 0.4) is 0 Å². The number of imide groups is 2. The summed E-state index contributed by atoms with van der Waals surface area (Å²) < 4.78 is 16.9. The summed E-state index contributed by atoms with van der Waals surface area (Å²) in [4.78, 5) is 50.2. The number of methoxy groups -OCH3 is 1. The number of benzene rings is 2. The topological polar surface area (TPSA) is 111 Å². The van der Waals surface area contributed by atoms with Gasteiger partial charge < -0.3 is 14.2 Å². The Morgan fingerprint density at radius 1 is 1.09 bits per heavy atom. The van der Waals surface area contributed by atoms with Gasteiger partial charge in [0, 0.05) is 4.47 Å². The van der Waals surface area contributed by atoms with Gasteiger partial charge in [0.05, 0.1) is 23.9 Å². The third-order valence-electron chi connectivity index (χ3n) is 4.39. The van der Waals surface area contributed by atoms with Crippen LogP contribution in [0.25, 0.3) is 6.08 Å². The number of barbiturate groups is 1. The second-order valence-electron chi connectivity index (χ2n) is 6.56. The number of nitrogens with zero attached hydrogens (tertiary/aromatic N) is 1. The molecule has 0 saturated carbocycles. The van der Waals surface area contributed by atoms with Crippen molar-refractivity contribution in [3.05, 3.63) is 56.5 Å². The number of ether oxygens (including phenoxy) is 3. The Labute approximate surface area is 205 Å². The monoisotopic (exact) mass is 580 g/mol. The zero-order chi connectivity index (χ0) is 24.1. The maximum atomic E-state index is 13.1. The van der Waals surface area contributed by atoms with Crippen molar-refractivity contribution in [3.63, 3.8) is 0 Å². The molecule has 1 saturated heterocycles. The molecule has 1 fully saturated rings. The number of anilines is 1. The highest BCUT2D eigenvalue weighted by Gasteiger charge is 2.36. The minimum Gasteiger partial charge on any atom is -0.490 e. The van der Waals surface area contributed by atoms with Gasteiger partial charge in [-0.3, -0.25) is 14.9 Å². The summed E-state index contributed by atoms with van der Waals surface area (Å²) in [5.41, 5.74) is 0.497. The van der Waals surface area contributed by atoms with Crippen LogP contribution in [0.4, 0.5) is 10.5 Å². The van der Waals surface area contributed by atoms with Crippen LogP contribution in [0.15, 0.2) is 50.9 Å². The van der Waals surface area contributed by atoms with Crippen molar-refractivity contribution in [2.24, 2.45) is 0 Å². The van der Waals surface area contributed by atoms with Gasteiger partial charge in [0.25, 0.3) is 11.8 Å². The first kappa shape index (κ1) is 24.5. The van der Waals surface area contributed by atoms with Gasteiger partial charge in [-0.05, 0) is 70.9 Å². The van der Waals surface area contributed by atoms with Crippen molar-refractivity contribution < 1.29 is 33.4 Å². The molecule has 0 bridgehead atoms. The number of esters is 1.